The van der Waals surface area contributed by atoms with Gasteiger partial charge in [-0.25, -0.2) is 0 Å². The SMILES string of the molecule is CC1CCc2ccccc2N1C(=O)CCC(C)(C)CCN. The predicted molar refractivity (Wildman–Crippen MR) is 88.4 cm³/mol. The van der Waals surface area contributed by atoms with Gasteiger partial charge in [-0.05, 0) is 56.2 Å². The summed E-state index contributed by atoms with van der Waals surface area (Å²) >= 11 is 0. The zero-order valence-electron chi connectivity index (χ0n) is 13.6. The Labute approximate surface area is 128 Å². The fourth-order valence-corrected chi connectivity index (χ4v) is 3.15. The van der Waals surface area contributed by atoms with E-state index in [2.05, 4.69) is 39.0 Å². The molecule has 1 unspecified atom stereocenters. The lowest BCUT2D eigenvalue weighted by Crippen LogP contribution is -2.42. The van der Waals surface area contributed by atoms with Crippen LogP contribution in [0.2, 0.25) is 0 Å². The van der Waals surface area contributed by atoms with E-state index in [1.54, 1.807) is 0 Å². The van der Waals surface area contributed by atoms with E-state index in [-0.39, 0.29) is 11.3 Å². The number of carbonyl (C=O) groups is 1. The van der Waals surface area contributed by atoms with Gasteiger partial charge in [-0.1, -0.05) is 32.0 Å². The van der Waals surface area contributed by atoms with E-state index >= 15 is 0 Å². The summed E-state index contributed by atoms with van der Waals surface area (Å²) in [5, 5.41) is 0. The number of para-hydroxylation sites is 1. The number of hydrogen-bond donors (Lipinski definition) is 1. The Morgan fingerprint density at radius 1 is 1.33 bits per heavy atom. The van der Waals surface area contributed by atoms with E-state index in [0.29, 0.717) is 19.0 Å². The van der Waals surface area contributed by atoms with Crippen molar-refractivity contribution in [3.8, 4) is 0 Å². The van der Waals surface area contributed by atoms with Crippen molar-refractivity contribution < 1.29 is 4.79 Å². The first-order valence-corrected chi connectivity index (χ1v) is 8.04. The fourth-order valence-electron chi connectivity index (χ4n) is 3.15. The topological polar surface area (TPSA) is 46.3 Å². The summed E-state index contributed by atoms with van der Waals surface area (Å²) in [5.41, 5.74) is 8.20. The van der Waals surface area contributed by atoms with Gasteiger partial charge >= 0.3 is 0 Å². The molecule has 21 heavy (non-hydrogen) atoms. The highest BCUT2D eigenvalue weighted by Crippen LogP contribution is 2.32. The number of anilines is 1. The van der Waals surface area contributed by atoms with Crippen molar-refractivity contribution >= 4 is 11.6 Å². The molecule has 0 fully saturated rings. The lowest BCUT2D eigenvalue weighted by molar-refractivity contribution is -0.119. The molecule has 1 atom stereocenters. The van der Waals surface area contributed by atoms with Crippen molar-refractivity contribution in [3.63, 3.8) is 0 Å². The van der Waals surface area contributed by atoms with Crippen LogP contribution in [-0.4, -0.2) is 18.5 Å². The zero-order valence-corrected chi connectivity index (χ0v) is 13.6. The van der Waals surface area contributed by atoms with E-state index in [1.807, 2.05) is 11.0 Å². The van der Waals surface area contributed by atoms with E-state index in [9.17, 15) is 4.79 Å². The van der Waals surface area contributed by atoms with Crippen molar-refractivity contribution in [2.45, 2.75) is 58.9 Å². The molecule has 2 rings (SSSR count). The van der Waals surface area contributed by atoms with Crippen LogP contribution < -0.4 is 10.6 Å². The minimum atomic E-state index is 0.142. The summed E-state index contributed by atoms with van der Waals surface area (Å²) in [6, 6.07) is 8.59. The van der Waals surface area contributed by atoms with Gasteiger partial charge in [-0.15, -0.1) is 0 Å². The van der Waals surface area contributed by atoms with Gasteiger partial charge in [-0.3, -0.25) is 4.79 Å². The number of aryl methyl sites for hydroxylation is 1. The van der Waals surface area contributed by atoms with Crippen LogP contribution in [0, 0.1) is 5.41 Å². The summed E-state index contributed by atoms with van der Waals surface area (Å²) in [6.07, 6.45) is 4.58. The molecule has 1 aromatic rings. The molecule has 0 bridgehead atoms. The Morgan fingerprint density at radius 3 is 2.76 bits per heavy atom. The Kier molecular flexibility index (Phi) is 5.04. The molecule has 0 aliphatic carbocycles. The number of nitrogens with two attached hydrogens (primary N) is 1. The quantitative estimate of drug-likeness (QED) is 0.901. The van der Waals surface area contributed by atoms with Crippen LogP contribution in [0.15, 0.2) is 24.3 Å². The third-order valence-electron chi connectivity index (χ3n) is 4.63. The van der Waals surface area contributed by atoms with Crippen molar-refractivity contribution in [1.82, 2.24) is 0 Å². The lowest BCUT2D eigenvalue weighted by Gasteiger charge is -2.36. The van der Waals surface area contributed by atoms with E-state index in [4.69, 9.17) is 5.73 Å². The first kappa shape index (κ1) is 16.0. The molecular weight excluding hydrogens is 260 g/mol. The summed E-state index contributed by atoms with van der Waals surface area (Å²) in [6.45, 7) is 7.23. The van der Waals surface area contributed by atoms with E-state index in [0.717, 1.165) is 31.4 Å². The van der Waals surface area contributed by atoms with Gasteiger partial charge < -0.3 is 10.6 Å². The molecular formula is C18H28N2O. The summed E-state index contributed by atoms with van der Waals surface area (Å²) in [7, 11) is 0. The maximum absolute atomic E-state index is 12.7. The molecule has 0 saturated heterocycles. The Bertz CT molecular complexity index is 496. The van der Waals surface area contributed by atoms with Gasteiger partial charge in [-0.2, -0.15) is 0 Å². The number of amides is 1. The lowest BCUT2D eigenvalue weighted by atomic mass is 9.84. The molecule has 1 aliphatic rings. The van der Waals surface area contributed by atoms with E-state index < -0.39 is 0 Å². The summed E-state index contributed by atoms with van der Waals surface area (Å²) < 4.78 is 0. The number of rotatable bonds is 5. The predicted octanol–water partition coefficient (Wildman–Crippen LogP) is 3.51. The van der Waals surface area contributed by atoms with Crippen LogP contribution in [-0.2, 0) is 11.2 Å². The third kappa shape index (κ3) is 3.85. The molecule has 0 aromatic heterocycles. The van der Waals surface area contributed by atoms with Crippen molar-refractivity contribution in [1.29, 1.82) is 0 Å². The number of benzene rings is 1. The second kappa shape index (κ2) is 6.61. The monoisotopic (exact) mass is 288 g/mol. The average molecular weight is 288 g/mol. The van der Waals surface area contributed by atoms with Crippen LogP contribution in [0.4, 0.5) is 5.69 Å². The molecule has 1 aromatic carbocycles. The van der Waals surface area contributed by atoms with E-state index in [1.165, 1.54) is 5.56 Å². The largest absolute Gasteiger partial charge is 0.330 e. The molecule has 1 heterocycles. The first-order valence-electron chi connectivity index (χ1n) is 8.04. The first-order chi connectivity index (χ1) is 9.94. The van der Waals surface area contributed by atoms with Crippen LogP contribution in [0.5, 0.6) is 0 Å². The molecule has 3 heteroatoms. The van der Waals surface area contributed by atoms with Gasteiger partial charge in [0.2, 0.25) is 5.91 Å². The standard InChI is InChI=1S/C18H28N2O/c1-14-8-9-15-6-4-5-7-16(15)20(14)17(21)10-11-18(2,3)12-13-19/h4-7,14H,8-13,19H2,1-3H3. The molecule has 116 valence electrons. The molecule has 0 saturated carbocycles. The second-order valence-corrected chi connectivity index (χ2v) is 6.98. The van der Waals surface area contributed by atoms with Crippen LogP contribution in [0.3, 0.4) is 0 Å². The average Bonchev–Trinajstić information content (AvgIpc) is 2.45. The van der Waals surface area contributed by atoms with Gasteiger partial charge in [0.05, 0.1) is 0 Å². The van der Waals surface area contributed by atoms with Crippen LogP contribution >= 0.6 is 0 Å². The Morgan fingerprint density at radius 2 is 2.05 bits per heavy atom. The number of carbonyl (C=O) groups excluding carboxylic acids is 1. The minimum absolute atomic E-state index is 0.142. The Hall–Kier alpha value is -1.35. The molecule has 1 aliphatic heterocycles. The summed E-state index contributed by atoms with van der Waals surface area (Å²) in [4.78, 5) is 14.7. The number of nitrogens with zero attached hydrogens (tertiary/aromatic N) is 1. The fraction of sp³-hybridized carbons (Fsp3) is 0.611. The number of hydrogen-bond acceptors (Lipinski definition) is 2. The van der Waals surface area contributed by atoms with Crippen LogP contribution in [0.25, 0.3) is 0 Å². The maximum Gasteiger partial charge on any atom is 0.227 e. The van der Waals surface area contributed by atoms with Crippen LogP contribution in [0.1, 0.15) is 52.0 Å². The second-order valence-electron chi connectivity index (χ2n) is 6.98. The van der Waals surface area contributed by atoms with Gasteiger partial charge in [0.1, 0.15) is 0 Å². The zero-order chi connectivity index (χ0) is 15.5. The Balaban J connectivity index is 2.08. The summed E-state index contributed by atoms with van der Waals surface area (Å²) in [5.74, 6) is 0.250. The maximum atomic E-state index is 12.7. The molecule has 0 radical (unpaired) electrons. The van der Waals surface area contributed by atoms with Gasteiger partial charge in [0, 0.05) is 18.2 Å². The molecule has 0 spiro atoms. The smallest absolute Gasteiger partial charge is 0.227 e. The highest BCUT2D eigenvalue weighted by Gasteiger charge is 2.29. The van der Waals surface area contributed by atoms with Crippen molar-refractivity contribution in [3.05, 3.63) is 29.8 Å². The highest BCUT2D eigenvalue weighted by molar-refractivity contribution is 5.95. The van der Waals surface area contributed by atoms with Crippen molar-refractivity contribution in [2.24, 2.45) is 11.1 Å². The molecule has 3 nitrogen and oxygen atoms in total. The number of fused-ring (bicyclic) bond motifs is 1. The normalized spacial score (nSPS) is 18.5. The van der Waals surface area contributed by atoms with Gasteiger partial charge in [0.15, 0.2) is 0 Å². The van der Waals surface area contributed by atoms with Crippen molar-refractivity contribution in [2.75, 3.05) is 11.4 Å². The molecule has 1 amide bonds. The minimum Gasteiger partial charge on any atom is -0.330 e. The molecule has 2 N–H and O–H groups in total. The highest BCUT2D eigenvalue weighted by atomic mass is 16.2. The third-order valence-corrected chi connectivity index (χ3v) is 4.63. The van der Waals surface area contributed by atoms with Gasteiger partial charge in [0.25, 0.3) is 0 Å².